The second kappa shape index (κ2) is 6.08. The summed E-state index contributed by atoms with van der Waals surface area (Å²) in [5, 5.41) is 0. The number of nitrogens with two attached hydrogens (primary N) is 1. The summed E-state index contributed by atoms with van der Waals surface area (Å²) >= 11 is 4.84. The van der Waals surface area contributed by atoms with Gasteiger partial charge in [-0.25, -0.2) is 12.7 Å². The summed E-state index contributed by atoms with van der Waals surface area (Å²) in [4.78, 5) is 0.246. The zero-order valence-electron chi connectivity index (χ0n) is 9.68. The molecule has 0 aromatic heterocycles. The first-order chi connectivity index (χ1) is 7.89. The van der Waals surface area contributed by atoms with Gasteiger partial charge in [-0.2, -0.15) is 11.8 Å². The number of rotatable bonds is 5. The Kier molecular flexibility index (Phi) is 5.30. The Labute approximate surface area is 115 Å². The molecule has 0 aliphatic carbocycles. The van der Waals surface area contributed by atoms with E-state index in [1.807, 2.05) is 6.26 Å². The lowest BCUT2D eigenvalue weighted by Gasteiger charge is -2.17. The van der Waals surface area contributed by atoms with E-state index >= 15 is 0 Å². The molecule has 0 saturated carbocycles. The van der Waals surface area contributed by atoms with Gasteiger partial charge in [-0.05, 0) is 40.4 Å². The van der Waals surface area contributed by atoms with Crippen LogP contribution in [0.2, 0.25) is 0 Å². The molecule has 2 N–H and O–H groups in total. The van der Waals surface area contributed by atoms with Crippen LogP contribution in [-0.2, 0) is 10.0 Å². The highest BCUT2D eigenvalue weighted by molar-refractivity contribution is 9.10. The lowest BCUT2D eigenvalue weighted by Crippen LogP contribution is -2.29. The van der Waals surface area contributed by atoms with Crippen molar-refractivity contribution in [3.8, 4) is 0 Å². The summed E-state index contributed by atoms with van der Waals surface area (Å²) in [5.74, 6) is 0.766. The molecule has 0 saturated heterocycles. The summed E-state index contributed by atoms with van der Waals surface area (Å²) in [6.07, 6.45) is 1.94. The monoisotopic (exact) mass is 338 g/mol. The van der Waals surface area contributed by atoms with E-state index < -0.39 is 10.0 Å². The minimum absolute atomic E-state index is 0.246. The number of hydrogen-bond acceptors (Lipinski definition) is 4. The van der Waals surface area contributed by atoms with Crippen molar-refractivity contribution in [1.29, 1.82) is 0 Å². The largest absolute Gasteiger partial charge is 0.399 e. The third-order valence-corrected chi connectivity index (χ3v) is 5.68. The van der Waals surface area contributed by atoms with E-state index in [1.54, 1.807) is 30.9 Å². The van der Waals surface area contributed by atoms with E-state index in [-0.39, 0.29) is 4.90 Å². The molecule has 1 aromatic rings. The van der Waals surface area contributed by atoms with Gasteiger partial charge in [0.1, 0.15) is 0 Å². The van der Waals surface area contributed by atoms with E-state index in [4.69, 9.17) is 5.73 Å². The van der Waals surface area contributed by atoms with Crippen molar-refractivity contribution < 1.29 is 8.42 Å². The number of hydrogen-bond donors (Lipinski definition) is 1. The molecule has 0 aliphatic rings. The van der Waals surface area contributed by atoms with Crippen molar-refractivity contribution in [1.82, 2.24) is 4.31 Å². The highest BCUT2D eigenvalue weighted by Crippen LogP contribution is 2.26. The van der Waals surface area contributed by atoms with Gasteiger partial charge in [0.2, 0.25) is 10.0 Å². The Bertz CT molecular complexity index is 491. The van der Waals surface area contributed by atoms with Gasteiger partial charge in [0, 0.05) is 29.5 Å². The van der Waals surface area contributed by atoms with Crippen molar-refractivity contribution in [2.24, 2.45) is 0 Å². The molecule has 0 unspecified atom stereocenters. The van der Waals surface area contributed by atoms with Gasteiger partial charge in [0.25, 0.3) is 0 Å². The molecule has 0 spiro atoms. The van der Waals surface area contributed by atoms with Crippen molar-refractivity contribution >= 4 is 43.4 Å². The topological polar surface area (TPSA) is 63.4 Å². The van der Waals surface area contributed by atoms with E-state index in [0.29, 0.717) is 16.7 Å². The molecule has 17 heavy (non-hydrogen) atoms. The minimum Gasteiger partial charge on any atom is -0.399 e. The number of halogens is 1. The summed E-state index contributed by atoms with van der Waals surface area (Å²) in [7, 11) is -1.86. The molecular weight excluding hydrogens is 324 g/mol. The third kappa shape index (κ3) is 3.61. The lowest BCUT2D eigenvalue weighted by molar-refractivity contribution is 0.488. The summed E-state index contributed by atoms with van der Waals surface area (Å²) in [6.45, 7) is 0.486. The number of sulfonamides is 1. The predicted molar refractivity (Wildman–Crippen MR) is 76.8 cm³/mol. The number of nitrogens with zero attached hydrogens (tertiary/aromatic N) is 1. The van der Waals surface area contributed by atoms with Crippen LogP contribution in [0.3, 0.4) is 0 Å². The molecule has 0 fully saturated rings. The molecule has 0 radical (unpaired) electrons. The van der Waals surface area contributed by atoms with E-state index in [9.17, 15) is 8.42 Å². The predicted octanol–water partition coefficient (Wildman–Crippen LogP) is 2.01. The molecule has 0 amide bonds. The first-order valence-electron chi connectivity index (χ1n) is 4.90. The standard InChI is InChI=1S/C10H15BrN2O2S2/c1-13(5-6-16-2)17(14,15)10-4-3-8(12)7-9(10)11/h3-4,7H,5-6,12H2,1-2H3. The normalized spacial score (nSPS) is 12.0. The molecule has 4 nitrogen and oxygen atoms in total. The van der Waals surface area contributed by atoms with Crippen molar-refractivity contribution in [2.75, 3.05) is 31.3 Å². The molecule has 1 aromatic carbocycles. The minimum atomic E-state index is -3.44. The first kappa shape index (κ1) is 14.8. The van der Waals surface area contributed by atoms with Gasteiger partial charge < -0.3 is 5.73 Å². The van der Waals surface area contributed by atoms with Gasteiger partial charge in [0.15, 0.2) is 0 Å². The van der Waals surface area contributed by atoms with E-state index in [2.05, 4.69) is 15.9 Å². The Balaban J connectivity index is 3.04. The average Bonchev–Trinajstić information content (AvgIpc) is 2.25. The average molecular weight is 339 g/mol. The lowest BCUT2D eigenvalue weighted by atomic mass is 10.3. The van der Waals surface area contributed by atoms with Gasteiger partial charge in [-0.15, -0.1) is 0 Å². The quantitative estimate of drug-likeness (QED) is 0.834. The molecular formula is C10H15BrN2O2S2. The fourth-order valence-electron chi connectivity index (χ4n) is 1.23. The molecule has 0 bridgehead atoms. The van der Waals surface area contributed by atoms with Crippen LogP contribution in [0.25, 0.3) is 0 Å². The Hall–Kier alpha value is -0.240. The smallest absolute Gasteiger partial charge is 0.243 e. The van der Waals surface area contributed by atoms with Crippen molar-refractivity contribution in [2.45, 2.75) is 4.90 Å². The van der Waals surface area contributed by atoms with Gasteiger partial charge in [-0.3, -0.25) is 0 Å². The van der Waals surface area contributed by atoms with E-state index in [0.717, 1.165) is 5.75 Å². The zero-order valence-corrected chi connectivity index (χ0v) is 12.9. The van der Waals surface area contributed by atoms with Crippen LogP contribution in [0, 0.1) is 0 Å². The fourth-order valence-corrected chi connectivity index (χ4v) is 4.03. The Morgan fingerprint density at radius 3 is 2.65 bits per heavy atom. The second-order valence-electron chi connectivity index (χ2n) is 3.51. The molecule has 1 rings (SSSR count). The van der Waals surface area contributed by atoms with Crippen molar-refractivity contribution in [3.63, 3.8) is 0 Å². The van der Waals surface area contributed by atoms with Crippen LogP contribution in [0.15, 0.2) is 27.6 Å². The van der Waals surface area contributed by atoms with Crippen LogP contribution in [-0.4, -0.2) is 38.3 Å². The highest BCUT2D eigenvalue weighted by atomic mass is 79.9. The van der Waals surface area contributed by atoms with Gasteiger partial charge >= 0.3 is 0 Å². The van der Waals surface area contributed by atoms with Gasteiger partial charge in [-0.1, -0.05) is 0 Å². The molecule has 0 aliphatic heterocycles. The SMILES string of the molecule is CSCCN(C)S(=O)(=O)c1ccc(N)cc1Br. The summed E-state index contributed by atoms with van der Waals surface area (Å²) in [6, 6.07) is 4.69. The highest BCUT2D eigenvalue weighted by Gasteiger charge is 2.22. The molecule has 96 valence electrons. The van der Waals surface area contributed by atoms with Crippen LogP contribution in [0.1, 0.15) is 0 Å². The van der Waals surface area contributed by atoms with Crippen LogP contribution in [0.5, 0.6) is 0 Å². The molecule has 0 heterocycles. The summed E-state index contributed by atoms with van der Waals surface area (Å²) in [5.41, 5.74) is 6.12. The molecule has 0 atom stereocenters. The van der Waals surface area contributed by atoms with E-state index in [1.165, 1.54) is 10.4 Å². The summed E-state index contributed by atoms with van der Waals surface area (Å²) < 4.78 is 26.3. The maximum absolute atomic E-state index is 12.2. The second-order valence-corrected chi connectivity index (χ2v) is 7.36. The van der Waals surface area contributed by atoms with Gasteiger partial charge in [0.05, 0.1) is 4.90 Å². The number of benzene rings is 1. The van der Waals surface area contributed by atoms with Crippen molar-refractivity contribution in [3.05, 3.63) is 22.7 Å². The Morgan fingerprint density at radius 2 is 2.12 bits per heavy atom. The Morgan fingerprint density at radius 1 is 1.47 bits per heavy atom. The molecule has 7 heteroatoms. The van der Waals surface area contributed by atoms with Crippen LogP contribution < -0.4 is 5.73 Å². The third-order valence-electron chi connectivity index (χ3n) is 2.25. The number of anilines is 1. The maximum Gasteiger partial charge on any atom is 0.243 e. The zero-order chi connectivity index (χ0) is 13.1. The van der Waals surface area contributed by atoms with Crippen LogP contribution >= 0.6 is 27.7 Å². The fraction of sp³-hybridized carbons (Fsp3) is 0.400. The maximum atomic E-state index is 12.2. The number of nitrogen functional groups attached to an aromatic ring is 1. The van der Waals surface area contributed by atoms with Crippen LogP contribution in [0.4, 0.5) is 5.69 Å². The number of thioether (sulfide) groups is 1. The first-order valence-corrected chi connectivity index (χ1v) is 8.52.